The maximum atomic E-state index is 12.8. The fraction of sp³-hybridized carbons (Fsp3) is 0.450. The van der Waals surface area contributed by atoms with E-state index < -0.39 is 10.0 Å². The van der Waals surface area contributed by atoms with Gasteiger partial charge in [0.15, 0.2) is 5.76 Å². The number of nitrogens with one attached hydrogen (secondary N) is 1. The zero-order valence-corrected chi connectivity index (χ0v) is 17.7. The van der Waals surface area contributed by atoms with E-state index in [1.54, 1.807) is 29.3 Å². The van der Waals surface area contributed by atoms with Crippen LogP contribution in [-0.2, 0) is 19.6 Å². The van der Waals surface area contributed by atoms with Gasteiger partial charge in [-0.3, -0.25) is 9.59 Å². The predicted molar refractivity (Wildman–Crippen MR) is 110 cm³/mol. The van der Waals surface area contributed by atoms with Crippen LogP contribution in [0, 0.1) is 5.92 Å². The number of carbonyl (C=O) groups excluding carboxylic acids is 2. The topological polar surface area (TPSA) is 122 Å². The molecule has 31 heavy (non-hydrogen) atoms. The van der Waals surface area contributed by atoms with Crippen LogP contribution in [0.3, 0.4) is 0 Å². The third-order valence-corrected chi connectivity index (χ3v) is 7.20. The number of morpholine rings is 1. The van der Waals surface area contributed by atoms with E-state index in [4.69, 9.17) is 9.15 Å². The van der Waals surface area contributed by atoms with E-state index in [0.717, 1.165) is 0 Å². The Kier molecular flexibility index (Phi) is 6.35. The Morgan fingerprint density at radius 2 is 1.77 bits per heavy atom. The number of pyridine rings is 1. The number of piperidine rings is 1. The maximum absolute atomic E-state index is 12.8. The Morgan fingerprint density at radius 3 is 2.45 bits per heavy atom. The zero-order valence-electron chi connectivity index (χ0n) is 16.9. The van der Waals surface area contributed by atoms with Crippen LogP contribution < -0.4 is 5.32 Å². The monoisotopic (exact) mass is 448 g/mol. The number of hydrogen-bond donors (Lipinski definition) is 1. The highest BCUT2D eigenvalue weighted by Gasteiger charge is 2.32. The molecule has 2 fully saturated rings. The van der Waals surface area contributed by atoms with Gasteiger partial charge in [0.25, 0.3) is 15.9 Å². The smallest absolute Gasteiger partial charge is 0.289 e. The van der Waals surface area contributed by atoms with Crippen molar-refractivity contribution in [2.75, 3.05) is 44.7 Å². The van der Waals surface area contributed by atoms with Gasteiger partial charge in [-0.2, -0.15) is 4.31 Å². The van der Waals surface area contributed by atoms with Crippen LogP contribution in [0.1, 0.15) is 23.4 Å². The number of aromatic nitrogens is 1. The predicted octanol–water partition coefficient (Wildman–Crippen LogP) is 1.19. The summed E-state index contributed by atoms with van der Waals surface area (Å²) in [6.07, 6.45) is 2.61. The zero-order chi connectivity index (χ0) is 21.8. The Balaban J connectivity index is 1.34. The highest BCUT2D eigenvalue weighted by atomic mass is 32.2. The largest absolute Gasteiger partial charge is 0.438 e. The van der Waals surface area contributed by atoms with Crippen LogP contribution in [0.25, 0.3) is 0 Å². The van der Waals surface area contributed by atoms with Crippen molar-refractivity contribution in [3.63, 3.8) is 0 Å². The second kappa shape index (κ2) is 9.16. The lowest BCUT2D eigenvalue weighted by Crippen LogP contribution is -2.41. The summed E-state index contributed by atoms with van der Waals surface area (Å²) >= 11 is 0. The molecule has 0 bridgehead atoms. The molecule has 2 aromatic rings. The van der Waals surface area contributed by atoms with Gasteiger partial charge in [0, 0.05) is 38.3 Å². The standard InChI is InChI=1S/C20H24N4O6S/c25-19(22-17-3-1-2-8-21-17)15-6-9-23(10-7-15)20(26)16-4-5-18(30-16)31(27,28)24-11-13-29-14-12-24/h1-5,8,15H,6-7,9-14H2,(H,21,22,25). The van der Waals surface area contributed by atoms with Crippen molar-refractivity contribution in [2.24, 2.45) is 5.92 Å². The van der Waals surface area contributed by atoms with Crippen molar-refractivity contribution < 1.29 is 27.2 Å². The molecule has 2 aliphatic heterocycles. The first kappa shape index (κ1) is 21.5. The van der Waals surface area contributed by atoms with Gasteiger partial charge >= 0.3 is 0 Å². The Morgan fingerprint density at radius 1 is 1.03 bits per heavy atom. The molecule has 11 heteroatoms. The molecule has 0 atom stereocenters. The van der Waals surface area contributed by atoms with Gasteiger partial charge in [-0.15, -0.1) is 0 Å². The molecule has 166 valence electrons. The van der Waals surface area contributed by atoms with E-state index in [-0.39, 0.29) is 41.7 Å². The normalized spacial score (nSPS) is 18.6. The minimum absolute atomic E-state index is 0.0248. The molecule has 0 aliphatic carbocycles. The number of sulfonamides is 1. The van der Waals surface area contributed by atoms with Gasteiger partial charge < -0.3 is 19.4 Å². The van der Waals surface area contributed by atoms with Gasteiger partial charge in [0.05, 0.1) is 13.2 Å². The van der Waals surface area contributed by atoms with Gasteiger partial charge in [-0.25, -0.2) is 13.4 Å². The van der Waals surface area contributed by atoms with Crippen LogP contribution in [-0.4, -0.2) is 73.8 Å². The summed E-state index contributed by atoms with van der Waals surface area (Å²) in [6.45, 7) is 1.92. The average molecular weight is 449 g/mol. The number of carbonyl (C=O) groups is 2. The molecule has 2 aliphatic rings. The molecule has 0 radical (unpaired) electrons. The number of rotatable bonds is 5. The molecule has 4 rings (SSSR count). The second-order valence-corrected chi connectivity index (χ2v) is 9.27. The number of likely N-dealkylation sites (tertiary alicyclic amines) is 1. The molecular formula is C20H24N4O6S. The first-order valence-electron chi connectivity index (χ1n) is 10.1. The van der Waals surface area contributed by atoms with E-state index in [1.807, 2.05) is 0 Å². The number of ether oxygens (including phenoxy) is 1. The highest BCUT2D eigenvalue weighted by Crippen LogP contribution is 2.24. The van der Waals surface area contributed by atoms with E-state index in [1.165, 1.54) is 16.4 Å². The lowest BCUT2D eigenvalue weighted by molar-refractivity contribution is -0.121. The van der Waals surface area contributed by atoms with Crippen LogP contribution in [0.5, 0.6) is 0 Å². The molecule has 4 heterocycles. The highest BCUT2D eigenvalue weighted by molar-refractivity contribution is 7.89. The number of anilines is 1. The SMILES string of the molecule is O=C(Nc1ccccn1)C1CCN(C(=O)c2ccc(S(=O)(=O)N3CCOCC3)o2)CC1. The maximum Gasteiger partial charge on any atom is 0.289 e. The number of hydrogen-bond acceptors (Lipinski definition) is 7. The molecule has 0 aromatic carbocycles. The van der Waals surface area contributed by atoms with Crippen LogP contribution in [0.4, 0.5) is 5.82 Å². The molecule has 1 N–H and O–H groups in total. The summed E-state index contributed by atoms with van der Waals surface area (Å²) in [7, 11) is -3.80. The van der Waals surface area contributed by atoms with Crippen molar-refractivity contribution in [1.29, 1.82) is 0 Å². The minimum atomic E-state index is -3.80. The van der Waals surface area contributed by atoms with E-state index >= 15 is 0 Å². The number of nitrogens with zero attached hydrogens (tertiary/aromatic N) is 3. The first-order valence-corrected chi connectivity index (χ1v) is 11.6. The summed E-state index contributed by atoms with van der Waals surface area (Å²) < 4.78 is 37.2. The summed E-state index contributed by atoms with van der Waals surface area (Å²) in [5.41, 5.74) is 0. The van der Waals surface area contributed by atoms with Gasteiger partial charge in [0.2, 0.25) is 11.0 Å². The third kappa shape index (κ3) is 4.78. The summed E-state index contributed by atoms with van der Waals surface area (Å²) in [5.74, 6) is -0.256. The van der Waals surface area contributed by atoms with Crippen molar-refractivity contribution in [3.05, 3.63) is 42.3 Å². The van der Waals surface area contributed by atoms with Crippen molar-refractivity contribution in [3.8, 4) is 0 Å². The van der Waals surface area contributed by atoms with Crippen molar-refractivity contribution >= 4 is 27.7 Å². The van der Waals surface area contributed by atoms with E-state index in [0.29, 0.717) is 45.0 Å². The second-order valence-electron chi connectivity index (χ2n) is 7.41. The summed E-state index contributed by atoms with van der Waals surface area (Å²) in [6, 6.07) is 7.98. The van der Waals surface area contributed by atoms with Gasteiger partial charge in [0.1, 0.15) is 5.82 Å². The fourth-order valence-corrected chi connectivity index (χ4v) is 4.97. The van der Waals surface area contributed by atoms with Crippen LogP contribution >= 0.6 is 0 Å². The Bertz CT molecular complexity index is 1020. The van der Waals surface area contributed by atoms with E-state index in [2.05, 4.69) is 10.3 Å². The molecule has 0 unspecified atom stereocenters. The molecule has 2 amide bonds. The Hall–Kier alpha value is -2.76. The first-order chi connectivity index (χ1) is 14.9. The summed E-state index contributed by atoms with van der Waals surface area (Å²) in [5, 5.41) is 2.54. The van der Waals surface area contributed by atoms with Crippen molar-refractivity contribution in [1.82, 2.24) is 14.2 Å². The molecule has 2 aromatic heterocycles. The van der Waals surface area contributed by atoms with Crippen molar-refractivity contribution in [2.45, 2.75) is 17.9 Å². The quantitative estimate of drug-likeness (QED) is 0.729. The fourth-order valence-electron chi connectivity index (χ4n) is 3.65. The molecule has 10 nitrogen and oxygen atoms in total. The minimum Gasteiger partial charge on any atom is -0.438 e. The van der Waals surface area contributed by atoms with Crippen LogP contribution in [0.2, 0.25) is 0 Å². The molecular weight excluding hydrogens is 424 g/mol. The lowest BCUT2D eigenvalue weighted by Gasteiger charge is -2.30. The summed E-state index contributed by atoms with van der Waals surface area (Å²) in [4.78, 5) is 30.9. The number of furan rings is 1. The molecule has 0 saturated carbocycles. The Labute approximate surface area is 180 Å². The average Bonchev–Trinajstić information content (AvgIpc) is 3.31. The number of amides is 2. The molecule has 2 saturated heterocycles. The molecule has 0 spiro atoms. The van der Waals surface area contributed by atoms with Gasteiger partial charge in [-0.05, 0) is 37.1 Å². The lowest BCUT2D eigenvalue weighted by atomic mass is 9.95. The van der Waals surface area contributed by atoms with E-state index in [9.17, 15) is 18.0 Å². The van der Waals surface area contributed by atoms with Crippen LogP contribution in [0.15, 0.2) is 46.0 Å². The third-order valence-electron chi connectivity index (χ3n) is 5.43. The van der Waals surface area contributed by atoms with Gasteiger partial charge in [-0.1, -0.05) is 6.07 Å².